The molecule has 8 nitrogen and oxygen atoms in total. The molecule has 36 heavy (non-hydrogen) atoms. The van der Waals surface area contributed by atoms with Crippen LogP contribution in [0.5, 0.6) is 0 Å². The number of halogens is 1. The van der Waals surface area contributed by atoms with E-state index in [0.29, 0.717) is 16.8 Å². The van der Waals surface area contributed by atoms with Crippen LogP contribution in [-0.2, 0) is 13.0 Å². The van der Waals surface area contributed by atoms with Crippen molar-refractivity contribution in [2.45, 2.75) is 13.0 Å². The average molecular weight is 519 g/mol. The summed E-state index contributed by atoms with van der Waals surface area (Å²) in [5.74, 6) is 1.06. The fraction of sp³-hybridized carbons (Fsp3) is 0.231. The fourth-order valence-corrected chi connectivity index (χ4v) is 4.90. The molecular weight excluding hydrogens is 492 g/mol. The summed E-state index contributed by atoms with van der Waals surface area (Å²) >= 11 is 8.21. The van der Waals surface area contributed by atoms with Gasteiger partial charge in [-0.2, -0.15) is 4.98 Å². The van der Waals surface area contributed by atoms with Crippen molar-refractivity contribution >= 4 is 69.5 Å². The molecule has 5 rings (SSSR count). The van der Waals surface area contributed by atoms with Gasteiger partial charge in [-0.05, 0) is 48.9 Å². The van der Waals surface area contributed by atoms with Gasteiger partial charge in [0, 0.05) is 50.5 Å². The molecule has 4 aromatic rings. The number of fused-ring (bicyclic) bond motifs is 2. The Balaban J connectivity index is 1.50. The van der Waals surface area contributed by atoms with Crippen molar-refractivity contribution in [1.82, 2.24) is 24.8 Å². The predicted octanol–water partition coefficient (Wildman–Crippen LogP) is 5.91. The predicted molar refractivity (Wildman–Crippen MR) is 152 cm³/mol. The largest absolute Gasteiger partial charge is 0.338 e. The third kappa shape index (κ3) is 4.82. The van der Waals surface area contributed by atoms with Crippen LogP contribution in [0, 0.1) is 0 Å². The number of hydrogen-bond donors (Lipinski definition) is 2. The Morgan fingerprint density at radius 2 is 1.94 bits per heavy atom. The van der Waals surface area contributed by atoms with Crippen LogP contribution in [0.4, 0.5) is 28.8 Å². The summed E-state index contributed by atoms with van der Waals surface area (Å²) in [4.78, 5) is 20.6. The zero-order valence-electron chi connectivity index (χ0n) is 20.4. The van der Waals surface area contributed by atoms with Crippen LogP contribution < -0.4 is 14.9 Å². The van der Waals surface area contributed by atoms with E-state index in [0.717, 1.165) is 53.2 Å². The Labute approximate surface area is 220 Å². The van der Waals surface area contributed by atoms with E-state index in [-0.39, 0.29) is 0 Å². The number of nitrogens with one attached hydrogen (secondary N) is 2. The van der Waals surface area contributed by atoms with E-state index in [1.54, 1.807) is 36.6 Å². The number of likely N-dealkylation sites (N-methyl/N-ethyl adjacent to an activating group) is 1. The van der Waals surface area contributed by atoms with Crippen molar-refractivity contribution in [3.05, 3.63) is 71.1 Å². The normalized spacial score (nSPS) is 13.3. The van der Waals surface area contributed by atoms with Gasteiger partial charge in [-0.3, -0.25) is 9.97 Å². The van der Waals surface area contributed by atoms with Crippen LogP contribution in [0.1, 0.15) is 16.7 Å². The molecule has 0 bridgehead atoms. The van der Waals surface area contributed by atoms with Crippen LogP contribution in [0.25, 0.3) is 17.1 Å². The van der Waals surface area contributed by atoms with Crippen molar-refractivity contribution < 1.29 is 0 Å². The Bertz CT molecular complexity index is 1440. The maximum Gasteiger partial charge on any atom is 0.229 e. The molecule has 0 saturated carbocycles. The summed E-state index contributed by atoms with van der Waals surface area (Å²) in [6.07, 6.45) is 9.87. The van der Waals surface area contributed by atoms with Gasteiger partial charge in [0.25, 0.3) is 0 Å². The Morgan fingerprint density at radius 3 is 2.75 bits per heavy atom. The van der Waals surface area contributed by atoms with Crippen molar-refractivity contribution in [2.75, 3.05) is 41.8 Å². The number of rotatable bonds is 7. The van der Waals surface area contributed by atoms with Crippen LogP contribution in [0.15, 0.2) is 49.4 Å². The lowest BCUT2D eigenvalue weighted by atomic mass is 9.99. The molecule has 184 valence electrons. The molecule has 1 aliphatic rings. The number of nitrogens with zero attached hydrogens (tertiary/aromatic N) is 6. The molecule has 0 amide bonds. The standard InChI is InChI=1S/C26H27ClN8S/c1-5-16-14-30-26(32-22-13-18-15-34(2)11-8-17(18)12-19(22)27)33-25(16)31-21-7-6-20-23(29-10-9-28-20)24(21)35(3)36-4/h5-7,9-10,12-14H,1,8,11,15H2,2-4H3,(H2,30,31,32,33). The monoisotopic (exact) mass is 518 g/mol. The molecule has 10 heteroatoms. The molecule has 0 radical (unpaired) electrons. The van der Waals surface area contributed by atoms with Crippen molar-refractivity contribution in [2.24, 2.45) is 0 Å². The highest BCUT2D eigenvalue weighted by Gasteiger charge is 2.18. The first-order valence-corrected chi connectivity index (χ1v) is 13.1. The van der Waals surface area contributed by atoms with Gasteiger partial charge in [0.2, 0.25) is 5.95 Å². The molecule has 0 atom stereocenters. The van der Waals surface area contributed by atoms with E-state index in [4.69, 9.17) is 16.6 Å². The first kappa shape index (κ1) is 24.3. The topological polar surface area (TPSA) is 82.1 Å². The van der Waals surface area contributed by atoms with Gasteiger partial charge in [-0.15, -0.1) is 0 Å². The third-order valence-corrected chi connectivity index (χ3v) is 7.27. The summed E-state index contributed by atoms with van der Waals surface area (Å²) in [5.41, 5.74) is 7.50. The van der Waals surface area contributed by atoms with E-state index < -0.39 is 0 Å². The molecule has 0 fully saturated rings. The van der Waals surface area contributed by atoms with E-state index >= 15 is 0 Å². The molecule has 2 aromatic carbocycles. The Kier molecular flexibility index (Phi) is 6.95. The molecule has 3 heterocycles. The number of aromatic nitrogens is 4. The molecule has 0 spiro atoms. The third-order valence-electron chi connectivity index (χ3n) is 6.23. The second kappa shape index (κ2) is 10.3. The second-order valence-electron chi connectivity index (χ2n) is 8.61. The smallest absolute Gasteiger partial charge is 0.229 e. The van der Waals surface area contributed by atoms with Crippen LogP contribution in [-0.4, -0.2) is 51.7 Å². The zero-order chi connectivity index (χ0) is 25.2. The van der Waals surface area contributed by atoms with Crippen LogP contribution in [0.3, 0.4) is 0 Å². The van der Waals surface area contributed by atoms with Gasteiger partial charge < -0.3 is 19.8 Å². The Hall–Kier alpha value is -3.40. The highest BCUT2D eigenvalue weighted by Crippen LogP contribution is 2.37. The SMILES string of the molecule is C=Cc1cnc(Nc2cc3c(cc2Cl)CCN(C)C3)nc1Nc1ccc2nccnc2c1N(C)SC. The molecule has 2 aromatic heterocycles. The summed E-state index contributed by atoms with van der Waals surface area (Å²) in [5, 5.41) is 7.43. The lowest BCUT2D eigenvalue weighted by molar-refractivity contribution is 0.313. The summed E-state index contributed by atoms with van der Waals surface area (Å²) in [7, 11) is 4.12. The Morgan fingerprint density at radius 1 is 1.11 bits per heavy atom. The van der Waals surface area contributed by atoms with E-state index in [1.165, 1.54) is 11.1 Å². The molecule has 2 N–H and O–H groups in total. The van der Waals surface area contributed by atoms with Crippen molar-refractivity contribution in [3.8, 4) is 0 Å². The molecule has 1 aliphatic heterocycles. The first-order chi connectivity index (χ1) is 17.5. The maximum atomic E-state index is 6.62. The van der Waals surface area contributed by atoms with Gasteiger partial charge in [-0.1, -0.05) is 36.2 Å². The highest BCUT2D eigenvalue weighted by atomic mass is 35.5. The van der Waals surface area contributed by atoms with Gasteiger partial charge in [0.05, 0.1) is 27.6 Å². The summed E-state index contributed by atoms with van der Waals surface area (Å²) < 4.78 is 2.05. The van der Waals surface area contributed by atoms with Gasteiger partial charge in [0.15, 0.2) is 0 Å². The minimum atomic E-state index is 0.439. The number of anilines is 5. The van der Waals surface area contributed by atoms with Gasteiger partial charge >= 0.3 is 0 Å². The van der Waals surface area contributed by atoms with Crippen LogP contribution in [0.2, 0.25) is 5.02 Å². The van der Waals surface area contributed by atoms with Crippen molar-refractivity contribution in [1.29, 1.82) is 0 Å². The van der Waals surface area contributed by atoms with E-state index in [9.17, 15) is 0 Å². The first-order valence-electron chi connectivity index (χ1n) is 11.5. The van der Waals surface area contributed by atoms with E-state index in [2.05, 4.69) is 54.5 Å². The quantitative estimate of drug-likeness (QED) is 0.290. The summed E-state index contributed by atoms with van der Waals surface area (Å²) in [6, 6.07) is 8.07. The molecule has 0 saturated heterocycles. The van der Waals surface area contributed by atoms with Crippen LogP contribution >= 0.6 is 23.5 Å². The van der Waals surface area contributed by atoms with E-state index in [1.807, 2.05) is 31.5 Å². The maximum absolute atomic E-state index is 6.62. The van der Waals surface area contributed by atoms with Crippen molar-refractivity contribution in [3.63, 3.8) is 0 Å². The van der Waals surface area contributed by atoms with Gasteiger partial charge in [0.1, 0.15) is 11.3 Å². The zero-order valence-corrected chi connectivity index (χ0v) is 22.0. The lowest BCUT2D eigenvalue weighted by Gasteiger charge is -2.26. The molecule has 0 aliphatic carbocycles. The van der Waals surface area contributed by atoms with Gasteiger partial charge in [-0.25, -0.2) is 4.98 Å². The minimum absolute atomic E-state index is 0.439. The second-order valence-corrected chi connectivity index (χ2v) is 9.93. The number of benzene rings is 2. The lowest BCUT2D eigenvalue weighted by Crippen LogP contribution is -2.26. The number of hydrogen-bond acceptors (Lipinski definition) is 9. The molecular formula is C26H27ClN8S. The average Bonchev–Trinajstić information content (AvgIpc) is 2.89. The highest BCUT2D eigenvalue weighted by molar-refractivity contribution is 7.99. The fourth-order valence-electron chi connectivity index (χ4n) is 4.30. The molecule has 0 unspecified atom stereocenters. The minimum Gasteiger partial charge on any atom is -0.338 e. The summed E-state index contributed by atoms with van der Waals surface area (Å²) in [6.45, 7) is 5.86.